The van der Waals surface area contributed by atoms with E-state index < -0.39 is 0 Å². The summed E-state index contributed by atoms with van der Waals surface area (Å²) in [5.74, 6) is -0.204. The first-order chi connectivity index (χ1) is 9.25. The van der Waals surface area contributed by atoms with Gasteiger partial charge in [0.2, 0.25) is 0 Å². The predicted octanol–water partition coefficient (Wildman–Crippen LogP) is 3.68. The first-order valence-corrected chi connectivity index (χ1v) is 6.94. The minimum absolute atomic E-state index is 0.147. The van der Waals surface area contributed by atoms with Crippen LogP contribution in [-0.4, -0.2) is 4.98 Å². The molecule has 3 aromatic rings. The van der Waals surface area contributed by atoms with Crippen molar-refractivity contribution < 1.29 is 4.39 Å². The molecule has 0 amide bonds. The van der Waals surface area contributed by atoms with Gasteiger partial charge in [-0.25, -0.2) is 4.39 Å². The fourth-order valence-corrected chi connectivity index (χ4v) is 2.93. The zero-order chi connectivity index (χ0) is 13.2. The second-order valence-electron chi connectivity index (χ2n) is 4.46. The van der Waals surface area contributed by atoms with Gasteiger partial charge in [-0.15, -0.1) is 11.3 Å². The summed E-state index contributed by atoms with van der Waals surface area (Å²) in [5.41, 5.74) is 9.03. The summed E-state index contributed by atoms with van der Waals surface area (Å²) < 4.78 is 13.8. The van der Waals surface area contributed by atoms with E-state index in [1.165, 1.54) is 6.07 Å². The van der Waals surface area contributed by atoms with Gasteiger partial charge in [0, 0.05) is 28.9 Å². The molecule has 0 aliphatic heterocycles. The lowest BCUT2D eigenvalue weighted by molar-refractivity contribution is 0.637. The average Bonchev–Trinajstić information content (AvgIpc) is 2.92. The van der Waals surface area contributed by atoms with Crippen LogP contribution in [0.5, 0.6) is 0 Å². The number of thiazole rings is 1. The zero-order valence-corrected chi connectivity index (χ0v) is 11.0. The number of benzene rings is 2. The molecule has 0 radical (unpaired) electrons. The Morgan fingerprint density at radius 3 is 2.68 bits per heavy atom. The molecule has 1 unspecified atom stereocenters. The molecule has 0 bridgehead atoms. The Balaban J connectivity index is 2.03. The molecule has 0 saturated heterocycles. The number of nitrogens with zero attached hydrogens (tertiary/aromatic N) is 1. The van der Waals surface area contributed by atoms with Gasteiger partial charge in [0.1, 0.15) is 5.82 Å². The SMILES string of the molecule is NC(Cc1cncs1)c1ccc(F)c2ccccc12. The van der Waals surface area contributed by atoms with Crippen LogP contribution in [0.2, 0.25) is 0 Å². The highest BCUT2D eigenvalue weighted by atomic mass is 32.1. The molecule has 0 aliphatic carbocycles. The van der Waals surface area contributed by atoms with Crippen LogP contribution in [0.4, 0.5) is 4.39 Å². The second kappa shape index (κ2) is 5.07. The Bertz CT molecular complexity index is 694. The Kier molecular flexibility index (Phi) is 3.27. The van der Waals surface area contributed by atoms with Crippen molar-refractivity contribution in [2.75, 3.05) is 0 Å². The van der Waals surface area contributed by atoms with Crippen LogP contribution >= 0.6 is 11.3 Å². The molecular formula is C15H13FN2S. The smallest absolute Gasteiger partial charge is 0.131 e. The predicted molar refractivity (Wildman–Crippen MR) is 76.7 cm³/mol. The van der Waals surface area contributed by atoms with E-state index in [4.69, 9.17) is 5.73 Å². The van der Waals surface area contributed by atoms with Gasteiger partial charge < -0.3 is 5.73 Å². The minimum atomic E-state index is -0.204. The molecule has 0 spiro atoms. The van der Waals surface area contributed by atoms with E-state index in [1.54, 1.807) is 29.0 Å². The van der Waals surface area contributed by atoms with Gasteiger partial charge in [-0.2, -0.15) is 0 Å². The van der Waals surface area contributed by atoms with Crippen molar-refractivity contribution >= 4 is 22.1 Å². The fraction of sp³-hybridized carbons (Fsp3) is 0.133. The van der Waals surface area contributed by atoms with Crippen LogP contribution in [0.15, 0.2) is 48.1 Å². The topological polar surface area (TPSA) is 38.9 Å². The first kappa shape index (κ1) is 12.3. The summed E-state index contributed by atoms with van der Waals surface area (Å²) in [6.07, 6.45) is 2.55. The van der Waals surface area contributed by atoms with Crippen LogP contribution in [-0.2, 0) is 6.42 Å². The Morgan fingerprint density at radius 2 is 1.95 bits per heavy atom. The van der Waals surface area contributed by atoms with E-state index in [2.05, 4.69) is 4.98 Å². The standard InChI is InChI=1S/C15H13FN2S/c16-14-6-5-13(11-3-1-2-4-12(11)14)15(17)7-10-8-18-9-19-10/h1-6,8-9,15H,7,17H2. The Labute approximate surface area is 114 Å². The highest BCUT2D eigenvalue weighted by molar-refractivity contribution is 7.09. The van der Waals surface area contributed by atoms with Gasteiger partial charge in [0.05, 0.1) is 5.51 Å². The van der Waals surface area contributed by atoms with Crippen LogP contribution in [0.3, 0.4) is 0 Å². The van der Waals surface area contributed by atoms with Gasteiger partial charge in [-0.05, 0) is 17.0 Å². The summed E-state index contributed by atoms with van der Waals surface area (Å²) in [7, 11) is 0. The zero-order valence-electron chi connectivity index (χ0n) is 10.2. The lowest BCUT2D eigenvalue weighted by atomic mass is 9.97. The molecule has 19 heavy (non-hydrogen) atoms. The summed E-state index contributed by atoms with van der Waals surface area (Å²) in [6.45, 7) is 0. The van der Waals surface area contributed by atoms with E-state index in [-0.39, 0.29) is 11.9 Å². The largest absolute Gasteiger partial charge is 0.324 e. The maximum atomic E-state index is 13.8. The number of hydrogen-bond donors (Lipinski definition) is 1. The molecular weight excluding hydrogens is 259 g/mol. The van der Waals surface area contributed by atoms with Crippen LogP contribution in [0, 0.1) is 5.82 Å². The minimum Gasteiger partial charge on any atom is -0.324 e. The van der Waals surface area contributed by atoms with Crippen molar-refractivity contribution in [3.63, 3.8) is 0 Å². The quantitative estimate of drug-likeness (QED) is 0.790. The molecule has 2 nitrogen and oxygen atoms in total. The summed E-state index contributed by atoms with van der Waals surface area (Å²) >= 11 is 1.59. The number of fused-ring (bicyclic) bond motifs is 1. The van der Waals surface area contributed by atoms with Crippen LogP contribution in [0.1, 0.15) is 16.5 Å². The fourth-order valence-electron chi connectivity index (χ4n) is 2.28. The molecule has 0 saturated carbocycles. The van der Waals surface area contributed by atoms with Gasteiger partial charge in [0.15, 0.2) is 0 Å². The second-order valence-corrected chi connectivity index (χ2v) is 5.43. The molecule has 4 heteroatoms. The highest BCUT2D eigenvalue weighted by Crippen LogP contribution is 2.27. The molecule has 3 rings (SSSR count). The highest BCUT2D eigenvalue weighted by Gasteiger charge is 2.13. The van der Waals surface area contributed by atoms with Gasteiger partial charge in [0.25, 0.3) is 0 Å². The molecule has 2 aromatic carbocycles. The van der Waals surface area contributed by atoms with Gasteiger partial charge in [-0.3, -0.25) is 4.98 Å². The van der Waals surface area contributed by atoms with E-state index in [0.717, 1.165) is 22.2 Å². The van der Waals surface area contributed by atoms with E-state index in [0.29, 0.717) is 5.39 Å². The molecule has 1 atom stereocenters. The van der Waals surface area contributed by atoms with Gasteiger partial charge in [-0.1, -0.05) is 30.3 Å². The monoisotopic (exact) mass is 272 g/mol. The summed E-state index contributed by atoms with van der Waals surface area (Å²) in [4.78, 5) is 5.19. The molecule has 0 aliphatic rings. The van der Waals surface area contributed by atoms with E-state index >= 15 is 0 Å². The molecule has 1 aromatic heterocycles. The molecule has 0 fully saturated rings. The number of halogens is 1. The van der Waals surface area contributed by atoms with Crippen molar-refractivity contribution in [3.05, 3.63) is 64.4 Å². The first-order valence-electron chi connectivity index (χ1n) is 6.06. The molecule has 96 valence electrons. The number of nitrogens with two attached hydrogens (primary N) is 1. The third-order valence-corrected chi connectivity index (χ3v) is 4.01. The molecule has 2 N–H and O–H groups in total. The number of hydrogen-bond acceptors (Lipinski definition) is 3. The van der Waals surface area contributed by atoms with Crippen LogP contribution in [0.25, 0.3) is 10.8 Å². The van der Waals surface area contributed by atoms with Crippen molar-refractivity contribution in [2.24, 2.45) is 5.73 Å². The maximum absolute atomic E-state index is 13.8. The third-order valence-electron chi connectivity index (χ3n) is 3.21. The van der Waals surface area contributed by atoms with Crippen molar-refractivity contribution in [2.45, 2.75) is 12.5 Å². The Morgan fingerprint density at radius 1 is 1.16 bits per heavy atom. The maximum Gasteiger partial charge on any atom is 0.131 e. The van der Waals surface area contributed by atoms with Gasteiger partial charge >= 0.3 is 0 Å². The number of rotatable bonds is 3. The normalized spacial score (nSPS) is 12.7. The average molecular weight is 272 g/mol. The number of aromatic nitrogens is 1. The lowest BCUT2D eigenvalue weighted by Gasteiger charge is -2.14. The van der Waals surface area contributed by atoms with E-state index in [1.807, 2.05) is 24.4 Å². The van der Waals surface area contributed by atoms with Crippen molar-refractivity contribution in [1.29, 1.82) is 0 Å². The van der Waals surface area contributed by atoms with Crippen molar-refractivity contribution in [1.82, 2.24) is 4.98 Å². The Hall–Kier alpha value is -1.78. The molecule has 1 heterocycles. The van der Waals surface area contributed by atoms with E-state index in [9.17, 15) is 4.39 Å². The third kappa shape index (κ3) is 2.37. The lowest BCUT2D eigenvalue weighted by Crippen LogP contribution is -2.13. The van der Waals surface area contributed by atoms with Crippen molar-refractivity contribution in [3.8, 4) is 0 Å². The summed E-state index contributed by atoms with van der Waals surface area (Å²) in [5, 5.41) is 1.51. The summed E-state index contributed by atoms with van der Waals surface area (Å²) in [6, 6.07) is 10.6. The van der Waals surface area contributed by atoms with Crippen LogP contribution < -0.4 is 5.73 Å².